The first-order valence-electron chi connectivity index (χ1n) is 10.1. The summed E-state index contributed by atoms with van der Waals surface area (Å²) in [6, 6.07) is 9.73. The molecule has 0 radical (unpaired) electrons. The largest absolute Gasteiger partial charge is 0.496 e. The van der Waals surface area contributed by atoms with E-state index in [9.17, 15) is 4.79 Å². The molecule has 0 bridgehead atoms. The van der Waals surface area contributed by atoms with Crippen molar-refractivity contribution in [3.05, 3.63) is 41.6 Å². The average Bonchev–Trinajstić information content (AvgIpc) is 3.39. The van der Waals surface area contributed by atoms with E-state index in [2.05, 4.69) is 29.4 Å². The van der Waals surface area contributed by atoms with Crippen molar-refractivity contribution in [1.82, 2.24) is 20.1 Å². The summed E-state index contributed by atoms with van der Waals surface area (Å²) >= 11 is 0. The van der Waals surface area contributed by atoms with Crippen LogP contribution >= 0.6 is 0 Å². The molecule has 3 aromatic rings. The highest BCUT2D eigenvalue weighted by molar-refractivity contribution is 6.00. The number of carbonyl (C=O) groups excluding carboxylic acids is 1. The topological polar surface area (TPSA) is 92.4 Å². The maximum atomic E-state index is 13.2. The number of likely N-dealkylation sites (tertiary alicyclic amines) is 1. The summed E-state index contributed by atoms with van der Waals surface area (Å²) in [5, 5.41) is 11.6. The lowest BCUT2D eigenvalue weighted by atomic mass is 10.0. The summed E-state index contributed by atoms with van der Waals surface area (Å²) in [4.78, 5) is 19.8. The lowest BCUT2D eigenvalue weighted by Gasteiger charge is -2.20. The van der Waals surface area contributed by atoms with Crippen molar-refractivity contribution in [2.75, 3.05) is 32.6 Å². The van der Waals surface area contributed by atoms with Crippen molar-refractivity contribution < 1.29 is 14.3 Å². The molecular formula is C22H27N5O3. The van der Waals surface area contributed by atoms with Crippen LogP contribution in [0.2, 0.25) is 0 Å². The fourth-order valence-electron chi connectivity index (χ4n) is 3.94. The SMILES string of the molecule is COc1cccc(OC)c1C(=O)N1CC[C@H](c2ccc3c(NC(C)C)n[nH]c3n2)C1. The summed E-state index contributed by atoms with van der Waals surface area (Å²) in [6.45, 7) is 5.41. The van der Waals surface area contributed by atoms with Crippen molar-refractivity contribution in [2.24, 2.45) is 0 Å². The van der Waals surface area contributed by atoms with Crippen LogP contribution in [0.4, 0.5) is 5.82 Å². The molecule has 1 amide bonds. The molecule has 8 nitrogen and oxygen atoms in total. The number of nitrogens with zero attached hydrogens (tertiary/aromatic N) is 3. The predicted octanol–water partition coefficient (Wildman–Crippen LogP) is 3.43. The van der Waals surface area contributed by atoms with Gasteiger partial charge in [-0.1, -0.05) is 6.07 Å². The summed E-state index contributed by atoms with van der Waals surface area (Å²) < 4.78 is 10.8. The molecule has 30 heavy (non-hydrogen) atoms. The van der Waals surface area contributed by atoms with Crippen LogP contribution in [0.15, 0.2) is 30.3 Å². The number of amides is 1. The number of hydrogen-bond donors (Lipinski definition) is 2. The number of aromatic nitrogens is 3. The van der Waals surface area contributed by atoms with Gasteiger partial charge in [0.15, 0.2) is 11.5 Å². The van der Waals surface area contributed by atoms with Gasteiger partial charge in [-0.3, -0.25) is 9.89 Å². The Bertz CT molecular complexity index is 1040. The third-order valence-corrected chi connectivity index (χ3v) is 5.41. The van der Waals surface area contributed by atoms with Crippen LogP contribution in [0.5, 0.6) is 11.5 Å². The zero-order valence-corrected chi connectivity index (χ0v) is 17.7. The van der Waals surface area contributed by atoms with Crippen molar-refractivity contribution in [3.8, 4) is 11.5 Å². The fraction of sp³-hybridized carbons (Fsp3) is 0.409. The minimum Gasteiger partial charge on any atom is -0.496 e. The summed E-state index contributed by atoms with van der Waals surface area (Å²) in [5.74, 6) is 1.93. The Labute approximate surface area is 175 Å². The van der Waals surface area contributed by atoms with Crippen molar-refractivity contribution in [3.63, 3.8) is 0 Å². The summed E-state index contributed by atoms with van der Waals surface area (Å²) in [5.41, 5.74) is 2.18. The molecule has 1 saturated heterocycles. The second-order valence-electron chi connectivity index (χ2n) is 7.78. The molecule has 4 rings (SSSR count). The number of methoxy groups -OCH3 is 2. The molecule has 3 heterocycles. The van der Waals surface area contributed by atoms with E-state index in [1.54, 1.807) is 26.4 Å². The van der Waals surface area contributed by atoms with Gasteiger partial charge < -0.3 is 19.7 Å². The van der Waals surface area contributed by atoms with Gasteiger partial charge in [-0.2, -0.15) is 5.10 Å². The van der Waals surface area contributed by atoms with Crippen LogP contribution in [-0.2, 0) is 0 Å². The Hall–Kier alpha value is -3.29. The Morgan fingerprint density at radius 1 is 1.20 bits per heavy atom. The van der Waals surface area contributed by atoms with Crippen LogP contribution in [0.25, 0.3) is 11.0 Å². The minimum atomic E-state index is -0.0853. The van der Waals surface area contributed by atoms with E-state index in [1.807, 2.05) is 23.1 Å². The lowest BCUT2D eigenvalue weighted by Crippen LogP contribution is -2.29. The molecule has 2 N–H and O–H groups in total. The lowest BCUT2D eigenvalue weighted by molar-refractivity contribution is 0.0783. The van der Waals surface area contributed by atoms with E-state index in [1.165, 1.54) is 0 Å². The first kappa shape index (κ1) is 20.0. The Kier molecular flexibility index (Phi) is 5.48. The number of anilines is 1. The van der Waals surface area contributed by atoms with Gasteiger partial charge in [-0.05, 0) is 44.5 Å². The van der Waals surface area contributed by atoms with E-state index in [4.69, 9.17) is 14.5 Å². The fourth-order valence-corrected chi connectivity index (χ4v) is 3.94. The van der Waals surface area contributed by atoms with Crippen LogP contribution in [0.3, 0.4) is 0 Å². The number of rotatable bonds is 6. The molecular weight excluding hydrogens is 382 g/mol. The molecule has 1 aliphatic rings. The Morgan fingerprint density at radius 2 is 1.93 bits per heavy atom. The molecule has 1 aliphatic heterocycles. The number of hydrogen-bond acceptors (Lipinski definition) is 6. The summed E-state index contributed by atoms with van der Waals surface area (Å²) in [7, 11) is 3.12. The normalized spacial score (nSPS) is 16.3. The number of nitrogens with one attached hydrogen (secondary N) is 2. The highest BCUT2D eigenvalue weighted by Gasteiger charge is 2.32. The standard InChI is InChI=1S/C22H27N5O3/c1-13(2)23-20-15-8-9-16(24-21(15)26-25-20)14-10-11-27(12-14)22(28)19-17(29-3)6-5-7-18(19)30-4/h5-9,13-14H,10-12H2,1-4H3,(H2,23,24,25,26)/t14-/m0/s1. The minimum absolute atomic E-state index is 0.0853. The first-order valence-corrected chi connectivity index (χ1v) is 10.1. The average molecular weight is 409 g/mol. The molecule has 1 atom stereocenters. The number of benzene rings is 1. The first-order chi connectivity index (χ1) is 14.5. The van der Waals surface area contributed by atoms with Gasteiger partial charge in [-0.25, -0.2) is 4.98 Å². The number of pyridine rings is 1. The van der Waals surface area contributed by atoms with Gasteiger partial charge in [0.05, 0.1) is 19.6 Å². The molecule has 0 saturated carbocycles. The van der Waals surface area contributed by atoms with Crippen LogP contribution in [0, 0.1) is 0 Å². The molecule has 0 unspecified atom stereocenters. The molecule has 2 aromatic heterocycles. The molecule has 1 aromatic carbocycles. The second kappa shape index (κ2) is 8.22. The molecule has 0 aliphatic carbocycles. The zero-order chi connectivity index (χ0) is 21.3. The monoisotopic (exact) mass is 409 g/mol. The van der Waals surface area contributed by atoms with E-state index < -0.39 is 0 Å². The van der Waals surface area contributed by atoms with Crippen LogP contribution in [-0.4, -0.2) is 59.3 Å². The zero-order valence-electron chi connectivity index (χ0n) is 17.7. The van der Waals surface area contributed by atoms with Crippen LogP contribution in [0.1, 0.15) is 42.2 Å². The Balaban J connectivity index is 1.54. The molecule has 0 spiro atoms. The van der Waals surface area contributed by atoms with Gasteiger partial charge in [0, 0.05) is 30.7 Å². The van der Waals surface area contributed by atoms with Crippen molar-refractivity contribution in [1.29, 1.82) is 0 Å². The molecule has 1 fully saturated rings. The van der Waals surface area contributed by atoms with Crippen molar-refractivity contribution in [2.45, 2.75) is 32.2 Å². The predicted molar refractivity (Wildman–Crippen MR) is 115 cm³/mol. The van der Waals surface area contributed by atoms with E-state index >= 15 is 0 Å². The highest BCUT2D eigenvalue weighted by atomic mass is 16.5. The summed E-state index contributed by atoms with van der Waals surface area (Å²) in [6.07, 6.45) is 0.854. The third kappa shape index (κ3) is 3.65. The maximum absolute atomic E-state index is 13.2. The number of carbonyl (C=O) groups is 1. The van der Waals surface area contributed by atoms with E-state index in [0.29, 0.717) is 30.2 Å². The van der Waals surface area contributed by atoms with Crippen molar-refractivity contribution >= 4 is 22.8 Å². The molecule has 8 heteroatoms. The number of H-pyrrole nitrogens is 1. The number of fused-ring (bicyclic) bond motifs is 1. The number of ether oxygens (including phenoxy) is 2. The van der Waals surface area contributed by atoms with Gasteiger partial charge in [-0.15, -0.1) is 0 Å². The van der Waals surface area contributed by atoms with Gasteiger partial charge in [0.2, 0.25) is 0 Å². The Morgan fingerprint density at radius 3 is 2.60 bits per heavy atom. The number of aromatic amines is 1. The third-order valence-electron chi connectivity index (χ3n) is 5.41. The van der Waals surface area contributed by atoms with E-state index in [-0.39, 0.29) is 17.9 Å². The highest BCUT2D eigenvalue weighted by Crippen LogP contribution is 2.34. The smallest absolute Gasteiger partial charge is 0.261 e. The molecule has 158 valence electrons. The van der Waals surface area contributed by atoms with Gasteiger partial charge in [0.25, 0.3) is 5.91 Å². The van der Waals surface area contributed by atoms with Gasteiger partial charge in [0.1, 0.15) is 17.1 Å². The van der Waals surface area contributed by atoms with Gasteiger partial charge >= 0.3 is 0 Å². The quantitative estimate of drug-likeness (QED) is 0.648. The second-order valence-corrected chi connectivity index (χ2v) is 7.78. The maximum Gasteiger partial charge on any atom is 0.261 e. The van der Waals surface area contributed by atoms with Crippen LogP contribution < -0.4 is 14.8 Å². The van der Waals surface area contributed by atoms with E-state index in [0.717, 1.165) is 29.0 Å².